The van der Waals surface area contributed by atoms with E-state index in [0.717, 1.165) is 49.9 Å². The molecule has 1 saturated heterocycles. The number of nitrogens with zero attached hydrogens (tertiary/aromatic N) is 5. The molecule has 8 heteroatoms. The van der Waals surface area contributed by atoms with Gasteiger partial charge in [0.1, 0.15) is 17.4 Å². The summed E-state index contributed by atoms with van der Waals surface area (Å²) in [5.74, 6) is 2.87. The number of likely N-dealkylation sites (N-methyl/N-ethyl adjacent to an activating group) is 1. The fourth-order valence-electron chi connectivity index (χ4n) is 3.97. The van der Waals surface area contributed by atoms with Crippen molar-refractivity contribution in [2.75, 3.05) is 43.4 Å². The zero-order chi connectivity index (χ0) is 21.4. The number of ether oxygens (including phenoxy) is 1. The molecule has 0 unspecified atom stereocenters. The van der Waals surface area contributed by atoms with Crippen molar-refractivity contribution in [2.45, 2.75) is 20.3 Å². The number of nitrogens with one attached hydrogen (secondary N) is 2. The number of hydrogen-bond acceptors (Lipinski definition) is 7. The molecule has 0 saturated carbocycles. The van der Waals surface area contributed by atoms with Crippen molar-refractivity contribution < 1.29 is 4.74 Å². The van der Waals surface area contributed by atoms with Gasteiger partial charge in [0, 0.05) is 44.1 Å². The highest BCUT2D eigenvalue weighted by atomic mass is 16.5. The molecule has 3 heterocycles. The number of H-pyrrole nitrogens is 1. The van der Waals surface area contributed by atoms with Gasteiger partial charge >= 0.3 is 6.01 Å². The number of aromatic nitrogens is 4. The average Bonchev–Trinajstić information content (AvgIpc) is 3.32. The van der Waals surface area contributed by atoms with Crippen molar-refractivity contribution in [3.05, 3.63) is 52.9 Å². The van der Waals surface area contributed by atoms with E-state index in [-0.39, 0.29) is 0 Å². The number of rotatable bonds is 5. The summed E-state index contributed by atoms with van der Waals surface area (Å²) < 4.78 is 6.12. The third-order valence-corrected chi connectivity index (χ3v) is 5.67. The van der Waals surface area contributed by atoms with Gasteiger partial charge in [-0.1, -0.05) is 17.7 Å². The Hall–Kier alpha value is -3.39. The van der Waals surface area contributed by atoms with Crippen LogP contribution in [0.5, 0.6) is 11.8 Å². The van der Waals surface area contributed by atoms with E-state index >= 15 is 0 Å². The van der Waals surface area contributed by atoms with Crippen molar-refractivity contribution in [2.24, 2.45) is 0 Å². The molecule has 2 N–H and O–H groups in total. The van der Waals surface area contributed by atoms with Gasteiger partial charge in [0.15, 0.2) is 0 Å². The minimum Gasteiger partial charge on any atom is -0.424 e. The molecule has 8 nitrogen and oxygen atoms in total. The van der Waals surface area contributed by atoms with Gasteiger partial charge in [-0.25, -0.2) is 4.98 Å². The van der Waals surface area contributed by atoms with Gasteiger partial charge in [0.05, 0.1) is 0 Å². The Bertz CT molecular complexity index is 1130. The van der Waals surface area contributed by atoms with Gasteiger partial charge < -0.3 is 24.8 Å². The fraction of sp³-hybridized carbons (Fsp3) is 0.348. The Labute approximate surface area is 182 Å². The molecule has 0 spiro atoms. The Morgan fingerprint density at radius 2 is 1.90 bits per heavy atom. The van der Waals surface area contributed by atoms with E-state index in [1.54, 1.807) is 6.20 Å². The summed E-state index contributed by atoms with van der Waals surface area (Å²) in [7, 11) is 2.14. The molecule has 160 valence electrons. The zero-order valence-corrected chi connectivity index (χ0v) is 18.1. The predicted molar refractivity (Wildman–Crippen MR) is 122 cm³/mol. The summed E-state index contributed by atoms with van der Waals surface area (Å²) in [6, 6.07) is 8.43. The molecule has 31 heavy (non-hydrogen) atoms. The van der Waals surface area contributed by atoms with Crippen molar-refractivity contribution in [3.63, 3.8) is 0 Å². The van der Waals surface area contributed by atoms with Crippen LogP contribution in [0.3, 0.4) is 0 Å². The largest absolute Gasteiger partial charge is 0.424 e. The van der Waals surface area contributed by atoms with Crippen molar-refractivity contribution in [1.82, 2.24) is 24.8 Å². The van der Waals surface area contributed by atoms with Crippen LogP contribution >= 0.6 is 0 Å². The molecule has 0 bridgehead atoms. The molecule has 1 fully saturated rings. The van der Waals surface area contributed by atoms with E-state index in [9.17, 15) is 0 Å². The number of hydrogen-bond donors (Lipinski definition) is 2. The summed E-state index contributed by atoms with van der Waals surface area (Å²) in [6.45, 7) is 7.93. The number of aromatic amines is 1. The number of fused-ring (bicyclic) bond motifs is 1. The average molecular weight is 418 g/mol. The minimum absolute atomic E-state index is 0.320. The number of piperazine rings is 1. The lowest BCUT2D eigenvalue weighted by Gasteiger charge is -2.33. The highest BCUT2D eigenvalue weighted by Gasteiger charge is 2.19. The van der Waals surface area contributed by atoms with Crippen LogP contribution in [0, 0.1) is 6.92 Å². The summed E-state index contributed by atoms with van der Waals surface area (Å²) in [5, 5.41) is 3.24. The smallest absolute Gasteiger partial charge is 0.325 e. The van der Waals surface area contributed by atoms with E-state index in [1.165, 1.54) is 16.7 Å². The Morgan fingerprint density at radius 1 is 1.06 bits per heavy atom. The van der Waals surface area contributed by atoms with E-state index in [4.69, 9.17) is 9.72 Å². The molecule has 1 aliphatic carbocycles. The molecule has 1 aliphatic heterocycles. The molecule has 0 amide bonds. The molecule has 5 rings (SSSR count). The monoisotopic (exact) mass is 417 g/mol. The second-order valence-corrected chi connectivity index (χ2v) is 8.35. The highest BCUT2D eigenvalue weighted by molar-refractivity contribution is 5.65. The second kappa shape index (κ2) is 8.03. The van der Waals surface area contributed by atoms with Crippen molar-refractivity contribution in [3.8, 4) is 11.8 Å². The first-order chi connectivity index (χ1) is 15.0. The summed E-state index contributed by atoms with van der Waals surface area (Å²) in [6.07, 6.45) is 4.99. The molecule has 0 radical (unpaired) electrons. The van der Waals surface area contributed by atoms with Crippen LogP contribution < -0.4 is 15.0 Å². The van der Waals surface area contributed by atoms with Gasteiger partial charge in [0.25, 0.3) is 0 Å². The van der Waals surface area contributed by atoms with E-state index in [2.05, 4.69) is 62.2 Å². The second-order valence-electron chi connectivity index (χ2n) is 8.35. The topological polar surface area (TPSA) is 82.2 Å². The molecular weight excluding hydrogens is 390 g/mol. The van der Waals surface area contributed by atoms with E-state index < -0.39 is 0 Å². The number of allylic oxidation sites excluding steroid dienone is 1. The van der Waals surface area contributed by atoms with Gasteiger partial charge in [-0.15, -0.1) is 0 Å². The summed E-state index contributed by atoms with van der Waals surface area (Å²) in [5.41, 5.74) is 4.87. The zero-order valence-electron chi connectivity index (χ0n) is 18.1. The maximum absolute atomic E-state index is 6.12. The number of anilines is 3. The third-order valence-electron chi connectivity index (χ3n) is 5.67. The van der Waals surface area contributed by atoms with Crippen LogP contribution in [-0.2, 0) is 6.42 Å². The van der Waals surface area contributed by atoms with Crippen LogP contribution in [0.1, 0.15) is 23.7 Å². The Morgan fingerprint density at radius 3 is 2.68 bits per heavy atom. The van der Waals surface area contributed by atoms with Crippen molar-refractivity contribution >= 4 is 23.7 Å². The standard InChI is InChI=1S/C23H27N7O/c1-15-10-17-4-5-19(12-18(17)11-15)31-23-27-20(26-22-24-14-16(2)25-22)13-21(28-23)30-8-6-29(3)7-9-30/h4-5,11-14H,6-10H2,1-3H3,(H2,24,25,26,27,28). The van der Waals surface area contributed by atoms with Gasteiger partial charge in [-0.2, -0.15) is 9.97 Å². The molecule has 3 aromatic rings. The minimum atomic E-state index is 0.320. The third kappa shape index (κ3) is 4.39. The maximum atomic E-state index is 6.12. The van der Waals surface area contributed by atoms with E-state index in [0.29, 0.717) is 17.8 Å². The molecule has 1 aromatic carbocycles. The molecular formula is C23H27N7O. The van der Waals surface area contributed by atoms with Gasteiger partial charge in [-0.05, 0) is 50.6 Å². The number of aryl methyl sites for hydroxylation is 1. The fourth-order valence-corrected chi connectivity index (χ4v) is 3.97. The Balaban J connectivity index is 1.44. The lowest BCUT2D eigenvalue weighted by molar-refractivity contribution is 0.311. The molecule has 2 aliphatic rings. The van der Waals surface area contributed by atoms with Crippen molar-refractivity contribution in [1.29, 1.82) is 0 Å². The normalized spacial score (nSPS) is 16.2. The molecule has 2 aromatic heterocycles. The lowest BCUT2D eigenvalue weighted by atomic mass is 10.1. The van der Waals surface area contributed by atoms with Gasteiger partial charge in [0.2, 0.25) is 5.95 Å². The van der Waals surface area contributed by atoms with Crippen LogP contribution in [-0.4, -0.2) is 58.1 Å². The number of benzene rings is 1. The first kappa shape index (κ1) is 19.6. The summed E-state index contributed by atoms with van der Waals surface area (Å²) >= 11 is 0. The SMILES string of the molecule is CC1=Cc2cc(Oc3nc(Nc4ncc(C)[nH]4)cc(N4CCN(C)CC4)n3)ccc2C1. The van der Waals surface area contributed by atoms with Crippen LogP contribution in [0.4, 0.5) is 17.6 Å². The van der Waals surface area contributed by atoms with Crippen LogP contribution in [0.25, 0.3) is 6.08 Å². The van der Waals surface area contributed by atoms with E-state index in [1.807, 2.05) is 19.1 Å². The predicted octanol–water partition coefficient (Wildman–Crippen LogP) is 3.76. The van der Waals surface area contributed by atoms with Gasteiger partial charge in [-0.3, -0.25) is 0 Å². The lowest BCUT2D eigenvalue weighted by Crippen LogP contribution is -2.44. The maximum Gasteiger partial charge on any atom is 0.325 e. The molecule has 0 atom stereocenters. The quantitative estimate of drug-likeness (QED) is 0.654. The van der Waals surface area contributed by atoms with Crippen LogP contribution in [0.15, 0.2) is 36.0 Å². The highest BCUT2D eigenvalue weighted by Crippen LogP contribution is 2.31. The summed E-state index contributed by atoms with van der Waals surface area (Å²) in [4.78, 5) is 21.4. The first-order valence-corrected chi connectivity index (χ1v) is 10.6. The number of imidazole rings is 1. The Kier molecular flexibility index (Phi) is 5.07. The van der Waals surface area contributed by atoms with Crippen LogP contribution in [0.2, 0.25) is 0 Å². The first-order valence-electron chi connectivity index (χ1n) is 10.6.